The topological polar surface area (TPSA) is 127 Å². The molecule has 4 heterocycles. The highest BCUT2D eigenvalue weighted by atomic mass is 32.2. The van der Waals surface area contributed by atoms with Crippen LogP contribution in [0.25, 0.3) is 22.0 Å². The fraction of sp³-hybridized carbons (Fsp3) is 0.367. The van der Waals surface area contributed by atoms with Gasteiger partial charge in [0.25, 0.3) is 0 Å². The Morgan fingerprint density at radius 3 is 2.78 bits per heavy atom. The lowest BCUT2D eigenvalue weighted by molar-refractivity contribution is 0.127. The number of ether oxygens (including phenoxy) is 2. The van der Waals surface area contributed by atoms with Crippen molar-refractivity contribution >= 4 is 32.4 Å². The van der Waals surface area contributed by atoms with Gasteiger partial charge >= 0.3 is 0 Å². The van der Waals surface area contributed by atoms with E-state index in [1.807, 2.05) is 49.4 Å². The van der Waals surface area contributed by atoms with Crippen LogP contribution in [0.3, 0.4) is 0 Å². The normalized spacial score (nSPS) is 19.2. The Bertz CT molecular complexity index is 1640. The maximum absolute atomic E-state index is 12.9. The smallest absolute Gasteiger partial charge is 0.235 e. The second kappa shape index (κ2) is 12.0. The molecule has 2 aromatic carbocycles. The van der Waals surface area contributed by atoms with Crippen molar-refractivity contribution in [3.63, 3.8) is 0 Å². The Morgan fingerprint density at radius 2 is 1.95 bits per heavy atom. The number of sulfonamides is 1. The number of nitrogens with one attached hydrogen (secondary N) is 3. The summed E-state index contributed by atoms with van der Waals surface area (Å²) in [6.45, 7) is 4.47. The number of hydrogen-bond acceptors (Lipinski definition) is 9. The van der Waals surface area contributed by atoms with Crippen LogP contribution in [0.4, 0.5) is 11.6 Å². The van der Waals surface area contributed by atoms with E-state index in [9.17, 15) is 8.42 Å². The highest BCUT2D eigenvalue weighted by molar-refractivity contribution is 7.92. The molecule has 2 unspecified atom stereocenters. The standard InChI is InChI=1S/C30H34N6O4S/c1-20-11-12-23-24(8-2-10-27(23)36-41(37,38)19-22-7-5-17-39-22)28(20)40-29-25(9-4-15-32-29)26-13-16-33-30(35-26)34-21-6-3-14-31-18-21/h2,4,8-13,15-16,21-22,31,36H,3,5-7,14,17-19H2,1H3,(H,33,34,35). The summed E-state index contributed by atoms with van der Waals surface area (Å²) in [5.41, 5.74) is 2.80. The number of aryl methyl sites for hydroxylation is 1. The second-order valence-corrected chi connectivity index (χ2v) is 12.3. The molecule has 0 amide bonds. The molecule has 0 bridgehead atoms. The predicted octanol–water partition coefficient (Wildman–Crippen LogP) is 4.88. The van der Waals surface area contributed by atoms with Gasteiger partial charge in [-0.05, 0) is 69.0 Å². The first-order valence-corrected chi connectivity index (χ1v) is 15.7. The van der Waals surface area contributed by atoms with Gasteiger partial charge in [0.15, 0.2) is 0 Å². The Balaban J connectivity index is 1.29. The van der Waals surface area contributed by atoms with Gasteiger partial charge < -0.3 is 20.1 Å². The first-order valence-electron chi connectivity index (χ1n) is 14.0. The van der Waals surface area contributed by atoms with Gasteiger partial charge in [-0.15, -0.1) is 0 Å². The third-order valence-corrected chi connectivity index (χ3v) is 8.78. The first-order chi connectivity index (χ1) is 19.9. The zero-order chi connectivity index (χ0) is 28.2. The van der Waals surface area contributed by atoms with Gasteiger partial charge in [0.2, 0.25) is 21.9 Å². The number of anilines is 2. The van der Waals surface area contributed by atoms with Crippen molar-refractivity contribution in [1.29, 1.82) is 0 Å². The molecule has 11 heteroatoms. The average Bonchev–Trinajstić information content (AvgIpc) is 3.48. The molecule has 0 radical (unpaired) electrons. The molecule has 6 rings (SSSR count). The van der Waals surface area contributed by atoms with Crippen molar-refractivity contribution in [1.82, 2.24) is 20.3 Å². The second-order valence-electron chi connectivity index (χ2n) is 10.5. The molecule has 214 valence electrons. The molecular weight excluding hydrogens is 540 g/mol. The molecule has 2 fully saturated rings. The molecule has 4 aromatic rings. The molecule has 2 aromatic heterocycles. The van der Waals surface area contributed by atoms with Crippen LogP contribution >= 0.6 is 0 Å². The van der Waals surface area contributed by atoms with Crippen LogP contribution < -0.4 is 20.1 Å². The molecule has 2 atom stereocenters. The van der Waals surface area contributed by atoms with Crippen LogP contribution in [0.15, 0.2) is 60.9 Å². The van der Waals surface area contributed by atoms with Crippen molar-refractivity contribution in [2.24, 2.45) is 0 Å². The van der Waals surface area contributed by atoms with Gasteiger partial charge in [-0.1, -0.05) is 24.3 Å². The number of piperidine rings is 1. The summed E-state index contributed by atoms with van der Waals surface area (Å²) in [5.74, 6) is 1.50. The van der Waals surface area contributed by atoms with Crippen molar-refractivity contribution in [2.45, 2.75) is 44.8 Å². The Hall–Kier alpha value is -3.80. The van der Waals surface area contributed by atoms with Gasteiger partial charge in [-0.25, -0.2) is 23.4 Å². The zero-order valence-electron chi connectivity index (χ0n) is 23.0. The Labute approximate surface area is 240 Å². The molecule has 3 N–H and O–H groups in total. The number of pyridine rings is 1. The summed E-state index contributed by atoms with van der Waals surface area (Å²) < 4.78 is 40.7. The molecule has 2 aliphatic rings. The highest BCUT2D eigenvalue weighted by Gasteiger charge is 2.24. The third kappa shape index (κ3) is 6.42. The summed E-state index contributed by atoms with van der Waals surface area (Å²) in [6.07, 6.45) is 6.95. The number of benzene rings is 2. The predicted molar refractivity (Wildman–Crippen MR) is 160 cm³/mol. The van der Waals surface area contributed by atoms with Crippen LogP contribution in [-0.2, 0) is 14.8 Å². The van der Waals surface area contributed by atoms with Gasteiger partial charge in [0.05, 0.1) is 28.8 Å². The van der Waals surface area contributed by atoms with Gasteiger partial charge in [-0.3, -0.25) is 4.72 Å². The summed E-state index contributed by atoms with van der Waals surface area (Å²) in [7, 11) is -3.60. The molecule has 41 heavy (non-hydrogen) atoms. The van der Waals surface area contributed by atoms with E-state index in [-0.39, 0.29) is 17.9 Å². The van der Waals surface area contributed by atoms with E-state index >= 15 is 0 Å². The van der Waals surface area contributed by atoms with Crippen LogP contribution in [0.5, 0.6) is 11.6 Å². The van der Waals surface area contributed by atoms with E-state index in [0.29, 0.717) is 35.6 Å². The van der Waals surface area contributed by atoms with E-state index in [4.69, 9.17) is 14.5 Å². The number of rotatable bonds is 9. The van der Waals surface area contributed by atoms with Crippen molar-refractivity contribution < 1.29 is 17.9 Å². The minimum Gasteiger partial charge on any atom is -0.437 e. The number of fused-ring (bicyclic) bond motifs is 1. The van der Waals surface area contributed by atoms with Crippen molar-refractivity contribution in [3.8, 4) is 22.9 Å². The molecule has 2 saturated heterocycles. The highest BCUT2D eigenvalue weighted by Crippen LogP contribution is 2.39. The molecule has 0 saturated carbocycles. The van der Waals surface area contributed by atoms with Crippen LogP contribution in [0.1, 0.15) is 31.2 Å². The lowest BCUT2D eigenvalue weighted by Gasteiger charge is -2.23. The fourth-order valence-corrected chi connectivity index (χ4v) is 6.74. The third-order valence-electron chi connectivity index (χ3n) is 7.44. The van der Waals surface area contributed by atoms with Crippen molar-refractivity contribution in [2.75, 3.05) is 35.5 Å². The Kier molecular flexibility index (Phi) is 8.00. The minimum atomic E-state index is -3.60. The number of nitrogens with zero attached hydrogens (tertiary/aromatic N) is 3. The monoisotopic (exact) mass is 574 g/mol. The van der Waals surface area contributed by atoms with Crippen LogP contribution in [-0.4, -0.2) is 61.0 Å². The van der Waals surface area contributed by atoms with Gasteiger partial charge in [-0.2, -0.15) is 0 Å². The number of aromatic nitrogens is 3. The van der Waals surface area contributed by atoms with E-state index in [0.717, 1.165) is 60.7 Å². The molecule has 10 nitrogen and oxygen atoms in total. The van der Waals surface area contributed by atoms with Crippen molar-refractivity contribution in [3.05, 3.63) is 66.5 Å². The first kappa shape index (κ1) is 27.4. The average molecular weight is 575 g/mol. The molecular formula is C30H34N6O4S. The summed E-state index contributed by atoms with van der Waals surface area (Å²) >= 11 is 0. The summed E-state index contributed by atoms with van der Waals surface area (Å²) in [4.78, 5) is 13.7. The van der Waals surface area contributed by atoms with Gasteiger partial charge in [0.1, 0.15) is 5.75 Å². The zero-order valence-corrected chi connectivity index (χ0v) is 23.8. The molecule has 2 aliphatic heterocycles. The maximum atomic E-state index is 12.9. The van der Waals surface area contributed by atoms with Gasteiger partial charge in [0, 0.05) is 42.4 Å². The van der Waals surface area contributed by atoms with Crippen LogP contribution in [0, 0.1) is 6.92 Å². The van der Waals surface area contributed by atoms with E-state index < -0.39 is 10.0 Å². The molecule has 0 aliphatic carbocycles. The SMILES string of the molecule is Cc1ccc2c(NS(=O)(=O)CC3CCCO3)cccc2c1Oc1ncccc1-c1ccnc(NC2CCCNC2)n1. The summed E-state index contributed by atoms with van der Waals surface area (Å²) in [6, 6.07) is 15.2. The largest absolute Gasteiger partial charge is 0.437 e. The fourth-order valence-electron chi connectivity index (χ4n) is 5.39. The Morgan fingerprint density at radius 1 is 1.02 bits per heavy atom. The number of hydrogen-bond donors (Lipinski definition) is 3. The lowest BCUT2D eigenvalue weighted by atomic mass is 10.0. The van der Waals surface area contributed by atoms with E-state index in [1.54, 1.807) is 18.5 Å². The van der Waals surface area contributed by atoms with E-state index in [2.05, 4.69) is 25.3 Å². The maximum Gasteiger partial charge on any atom is 0.235 e. The quantitative estimate of drug-likeness (QED) is 0.256. The van der Waals surface area contributed by atoms with Crippen LogP contribution in [0.2, 0.25) is 0 Å². The summed E-state index contributed by atoms with van der Waals surface area (Å²) in [5, 5.41) is 8.33. The minimum absolute atomic E-state index is 0.0665. The lowest BCUT2D eigenvalue weighted by Crippen LogP contribution is -2.38. The molecule has 0 spiro atoms. The van der Waals surface area contributed by atoms with E-state index in [1.165, 1.54) is 0 Å².